The van der Waals surface area contributed by atoms with Gasteiger partial charge in [-0.15, -0.1) is 0 Å². The molecule has 0 unspecified atom stereocenters. The van der Waals surface area contributed by atoms with Crippen molar-refractivity contribution in [2.75, 3.05) is 11.1 Å². The number of anilines is 1. The molecule has 156 valence electrons. The number of fused-ring (bicyclic) bond motifs is 1. The van der Waals surface area contributed by atoms with Crippen molar-refractivity contribution in [3.8, 4) is 0 Å². The van der Waals surface area contributed by atoms with Crippen LogP contribution in [0, 0.1) is 0 Å². The minimum Gasteiger partial charge on any atom is -0.345 e. The quantitative estimate of drug-likeness (QED) is 0.368. The van der Waals surface area contributed by atoms with Gasteiger partial charge in [-0.25, -0.2) is 4.98 Å². The Morgan fingerprint density at radius 2 is 1.68 bits per heavy atom. The molecule has 2 amide bonds. The Morgan fingerprint density at radius 1 is 0.968 bits per heavy atom. The van der Waals surface area contributed by atoms with Crippen LogP contribution in [0.25, 0.3) is 11.0 Å². The van der Waals surface area contributed by atoms with Crippen molar-refractivity contribution < 1.29 is 9.59 Å². The molecule has 4 rings (SSSR count). The van der Waals surface area contributed by atoms with Gasteiger partial charge in [-0.3, -0.25) is 9.59 Å². The fraction of sp³-hybridized carbons (Fsp3) is 0.125. The molecule has 1 atom stereocenters. The van der Waals surface area contributed by atoms with Gasteiger partial charge in [0.2, 0.25) is 5.91 Å². The lowest BCUT2D eigenvalue weighted by Crippen LogP contribution is -2.28. The summed E-state index contributed by atoms with van der Waals surface area (Å²) in [5, 5.41) is 6.51. The van der Waals surface area contributed by atoms with Crippen molar-refractivity contribution in [3.05, 3.63) is 90.0 Å². The van der Waals surface area contributed by atoms with Crippen LogP contribution in [-0.4, -0.2) is 27.5 Å². The molecule has 0 fully saturated rings. The number of nitrogens with zero attached hydrogens (tertiary/aromatic N) is 1. The van der Waals surface area contributed by atoms with E-state index in [0.717, 1.165) is 16.6 Å². The number of amides is 2. The minimum absolute atomic E-state index is 0.152. The van der Waals surface area contributed by atoms with E-state index in [1.807, 2.05) is 61.5 Å². The SMILES string of the molecule is C[C@H](NC(=O)c1ccccc1NC(=O)CSc1nc2ccccc2[nH]1)c1ccccc1. The normalized spacial score (nSPS) is 11.8. The number of H-pyrrole nitrogens is 1. The van der Waals surface area contributed by atoms with Gasteiger partial charge in [0.25, 0.3) is 5.91 Å². The van der Waals surface area contributed by atoms with E-state index in [0.29, 0.717) is 16.4 Å². The third-order valence-electron chi connectivity index (χ3n) is 4.80. The molecule has 6 nitrogen and oxygen atoms in total. The van der Waals surface area contributed by atoms with E-state index in [-0.39, 0.29) is 23.6 Å². The fourth-order valence-corrected chi connectivity index (χ4v) is 3.89. The van der Waals surface area contributed by atoms with E-state index < -0.39 is 0 Å². The molecule has 31 heavy (non-hydrogen) atoms. The Bertz CT molecular complexity index is 1170. The maximum atomic E-state index is 12.8. The highest BCUT2D eigenvalue weighted by Crippen LogP contribution is 2.21. The van der Waals surface area contributed by atoms with Gasteiger partial charge in [0.15, 0.2) is 5.16 Å². The van der Waals surface area contributed by atoms with Gasteiger partial charge in [-0.1, -0.05) is 66.4 Å². The lowest BCUT2D eigenvalue weighted by atomic mass is 10.1. The van der Waals surface area contributed by atoms with Gasteiger partial charge >= 0.3 is 0 Å². The standard InChI is InChI=1S/C24H22N4O2S/c1-16(17-9-3-2-4-10-17)25-23(30)18-11-5-6-12-19(18)26-22(29)15-31-24-27-20-13-7-8-14-21(20)28-24/h2-14,16H,15H2,1H3,(H,25,30)(H,26,29)(H,27,28)/t16-/m0/s1. The van der Waals surface area contributed by atoms with Gasteiger partial charge in [0, 0.05) is 0 Å². The molecule has 0 aliphatic rings. The molecule has 0 saturated heterocycles. The number of carbonyl (C=O) groups is 2. The van der Waals surface area contributed by atoms with Crippen LogP contribution < -0.4 is 10.6 Å². The largest absolute Gasteiger partial charge is 0.345 e. The number of aromatic amines is 1. The van der Waals surface area contributed by atoms with Crippen molar-refractivity contribution in [1.29, 1.82) is 0 Å². The van der Waals surface area contributed by atoms with Crippen LogP contribution in [0.5, 0.6) is 0 Å². The van der Waals surface area contributed by atoms with Crippen LogP contribution in [0.15, 0.2) is 84.0 Å². The fourth-order valence-electron chi connectivity index (χ4n) is 3.21. The Hall–Kier alpha value is -3.58. The average molecular weight is 431 g/mol. The Labute approximate surface area is 184 Å². The number of hydrogen-bond acceptors (Lipinski definition) is 4. The number of imidazole rings is 1. The van der Waals surface area contributed by atoms with Gasteiger partial charge < -0.3 is 15.6 Å². The summed E-state index contributed by atoms with van der Waals surface area (Å²) in [6.45, 7) is 1.93. The molecule has 0 spiro atoms. The second-order valence-corrected chi connectivity index (χ2v) is 8.01. The highest BCUT2D eigenvalue weighted by Gasteiger charge is 2.16. The topological polar surface area (TPSA) is 86.9 Å². The zero-order valence-corrected chi connectivity index (χ0v) is 17.8. The van der Waals surface area contributed by atoms with Crippen LogP contribution >= 0.6 is 11.8 Å². The summed E-state index contributed by atoms with van der Waals surface area (Å²) >= 11 is 1.32. The highest BCUT2D eigenvalue weighted by atomic mass is 32.2. The third kappa shape index (κ3) is 5.13. The molecule has 3 N–H and O–H groups in total. The molecule has 7 heteroatoms. The number of benzene rings is 3. The number of nitrogens with one attached hydrogen (secondary N) is 3. The van der Waals surface area contributed by atoms with Crippen LogP contribution in [0.1, 0.15) is 28.9 Å². The van der Waals surface area contributed by atoms with Crippen LogP contribution in [-0.2, 0) is 4.79 Å². The summed E-state index contributed by atoms with van der Waals surface area (Å²) in [6.07, 6.45) is 0. The van der Waals surface area contributed by atoms with Gasteiger partial charge in [0.05, 0.1) is 34.1 Å². The van der Waals surface area contributed by atoms with Crippen LogP contribution in [0.4, 0.5) is 5.69 Å². The number of thioether (sulfide) groups is 1. The number of aromatic nitrogens is 2. The minimum atomic E-state index is -0.239. The van der Waals surface area contributed by atoms with Crippen molar-refractivity contribution in [3.63, 3.8) is 0 Å². The van der Waals surface area contributed by atoms with E-state index in [1.54, 1.807) is 24.3 Å². The molecular formula is C24H22N4O2S. The maximum absolute atomic E-state index is 12.8. The maximum Gasteiger partial charge on any atom is 0.253 e. The first-order valence-corrected chi connectivity index (χ1v) is 10.9. The second-order valence-electron chi connectivity index (χ2n) is 7.05. The first kappa shape index (κ1) is 20.7. The number of carbonyl (C=O) groups excluding carboxylic acids is 2. The number of rotatable bonds is 7. The summed E-state index contributed by atoms with van der Waals surface area (Å²) in [5.41, 5.74) is 3.71. The summed E-state index contributed by atoms with van der Waals surface area (Å²) < 4.78 is 0. The zero-order valence-electron chi connectivity index (χ0n) is 17.0. The molecule has 0 radical (unpaired) electrons. The summed E-state index contributed by atoms with van der Waals surface area (Å²) in [5.74, 6) is -0.269. The Balaban J connectivity index is 1.39. The van der Waals surface area contributed by atoms with Crippen molar-refractivity contribution in [2.45, 2.75) is 18.1 Å². The lowest BCUT2D eigenvalue weighted by molar-refractivity contribution is -0.113. The van der Waals surface area contributed by atoms with Crippen molar-refractivity contribution in [1.82, 2.24) is 15.3 Å². The predicted molar refractivity (Wildman–Crippen MR) is 124 cm³/mol. The first-order chi connectivity index (χ1) is 15.1. The van der Waals surface area contributed by atoms with E-state index >= 15 is 0 Å². The Kier molecular flexibility index (Phi) is 6.33. The zero-order chi connectivity index (χ0) is 21.6. The Morgan fingerprint density at radius 3 is 2.48 bits per heavy atom. The van der Waals surface area contributed by atoms with Crippen LogP contribution in [0.2, 0.25) is 0 Å². The number of para-hydroxylation sites is 3. The molecule has 0 bridgehead atoms. The molecular weight excluding hydrogens is 408 g/mol. The number of hydrogen-bond donors (Lipinski definition) is 3. The smallest absolute Gasteiger partial charge is 0.253 e. The van der Waals surface area contributed by atoms with E-state index in [2.05, 4.69) is 20.6 Å². The van der Waals surface area contributed by atoms with Gasteiger partial charge in [-0.05, 0) is 36.8 Å². The monoisotopic (exact) mass is 430 g/mol. The summed E-state index contributed by atoms with van der Waals surface area (Å²) in [4.78, 5) is 33.0. The third-order valence-corrected chi connectivity index (χ3v) is 5.67. The first-order valence-electron chi connectivity index (χ1n) is 9.92. The summed E-state index contributed by atoms with van der Waals surface area (Å²) in [7, 11) is 0. The van der Waals surface area contributed by atoms with E-state index in [9.17, 15) is 9.59 Å². The highest BCUT2D eigenvalue weighted by molar-refractivity contribution is 7.99. The van der Waals surface area contributed by atoms with E-state index in [1.165, 1.54) is 11.8 Å². The average Bonchev–Trinajstić information content (AvgIpc) is 3.22. The molecule has 3 aromatic carbocycles. The lowest BCUT2D eigenvalue weighted by Gasteiger charge is -2.16. The van der Waals surface area contributed by atoms with Gasteiger partial charge in [-0.2, -0.15) is 0 Å². The molecule has 0 saturated carbocycles. The molecule has 0 aliphatic carbocycles. The second kappa shape index (κ2) is 9.49. The van der Waals surface area contributed by atoms with Crippen molar-refractivity contribution in [2.24, 2.45) is 0 Å². The van der Waals surface area contributed by atoms with Crippen molar-refractivity contribution >= 4 is 40.3 Å². The summed E-state index contributed by atoms with van der Waals surface area (Å²) in [6, 6.07) is 24.3. The van der Waals surface area contributed by atoms with E-state index in [4.69, 9.17) is 0 Å². The molecule has 1 aromatic heterocycles. The van der Waals surface area contributed by atoms with Crippen LogP contribution in [0.3, 0.4) is 0 Å². The molecule has 4 aromatic rings. The molecule has 0 aliphatic heterocycles. The van der Waals surface area contributed by atoms with Gasteiger partial charge in [0.1, 0.15) is 0 Å². The molecule has 1 heterocycles. The predicted octanol–water partition coefficient (Wildman–Crippen LogP) is 4.78.